The van der Waals surface area contributed by atoms with E-state index in [0.29, 0.717) is 17.9 Å². The fourth-order valence-corrected chi connectivity index (χ4v) is 5.01. The molecule has 0 bridgehead atoms. The van der Waals surface area contributed by atoms with Gasteiger partial charge in [-0.3, -0.25) is 9.10 Å². The molecule has 27 heavy (non-hydrogen) atoms. The summed E-state index contributed by atoms with van der Waals surface area (Å²) in [4.78, 5) is 12.6. The summed E-state index contributed by atoms with van der Waals surface area (Å²) < 4.78 is 27.3. The number of anilines is 2. The van der Waals surface area contributed by atoms with Crippen LogP contribution in [0, 0.1) is 5.92 Å². The zero-order valence-corrected chi connectivity index (χ0v) is 16.4. The molecule has 144 valence electrons. The second-order valence-corrected chi connectivity index (χ2v) is 8.72. The first kappa shape index (κ1) is 19.4. The standard InChI is InChI=1S/C21H26N2O3S/c1-2-23(19-11-7-4-8-12-19)27(25,26)20-15-13-18(14-16-20)22-21(24)17-9-5-3-6-10-17/h4,7-8,11-17H,2-3,5-6,9-10H2,1H3,(H,22,24). The van der Waals surface area contributed by atoms with Gasteiger partial charge >= 0.3 is 0 Å². The van der Waals surface area contributed by atoms with E-state index < -0.39 is 10.0 Å². The van der Waals surface area contributed by atoms with Crippen LogP contribution in [0.3, 0.4) is 0 Å². The zero-order chi connectivity index (χ0) is 19.3. The van der Waals surface area contributed by atoms with Crippen LogP contribution in [-0.4, -0.2) is 20.9 Å². The Balaban J connectivity index is 1.74. The number of nitrogens with one attached hydrogen (secondary N) is 1. The Bertz CT molecular complexity index is 858. The SMILES string of the molecule is CCN(c1ccccc1)S(=O)(=O)c1ccc(NC(=O)C2CCCCC2)cc1. The average Bonchev–Trinajstić information content (AvgIpc) is 2.70. The van der Waals surface area contributed by atoms with E-state index in [1.807, 2.05) is 25.1 Å². The van der Waals surface area contributed by atoms with E-state index in [-0.39, 0.29) is 16.7 Å². The minimum Gasteiger partial charge on any atom is -0.326 e. The van der Waals surface area contributed by atoms with Crippen LogP contribution in [0.15, 0.2) is 59.5 Å². The molecule has 0 heterocycles. The lowest BCUT2D eigenvalue weighted by atomic mass is 9.88. The Labute approximate surface area is 161 Å². The Morgan fingerprint density at radius 1 is 1.00 bits per heavy atom. The lowest BCUT2D eigenvalue weighted by Crippen LogP contribution is -2.30. The Hall–Kier alpha value is -2.34. The third-order valence-electron chi connectivity index (χ3n) is 5.02. The fourth-order valence-electron chi connectivity index (χ4n) is 3.53. The first-order chi connectivity index (χ1) is 13.0. The predicted molar refractivity (Wildman–Crippen MR) is 108 cm³/mol. The first-order valence-electron chi connectivity index (χ1n) is 9.51. The maximum Gasteiger partial charge on any atom is 0.264 e. The summed E-state index contributed by atoms with van der Waals surface area (Å²) in [5, 5.41) is 2.92. The van der Waals surface area contributed by atoms with E-state index in [4.69, 9.17) is 0 Å². The Morgan fingerprint density at radius 2 is 1.63 bits per heavy atom. The highest BCUT2D eigenvalue weighted by molar-refractivity contribution is 7.92. The number of nitrogens with zero attached hydrogens (tertiary/aromatic N) is 1. The quantitative estimate of drug-likeness (QED) is 0.799. The maximum absolute atomic E-state index is 13.0. The van der Waals surface area contributed by atoms with Gasteiger partial charge in [-0.15, -0.1) is 0 Å². The number of amides is 1. The molecule has 0 radical (unpaired) electrons. The van der Waals surface area contributed by atoms with Crippen molar-refractivity contribution < 1.29 is 13.2 Å². The average molecular weight is 387 g/mol. The highest BCUT2D eigenvalue weighted by Gasteiger charge is 2.24. The van der Waals surface area contributed by atoms with Gasteiger partial charge in [-0.05, 0) is 56.2 Å². The molecule has 1 aliphatic carbocycles. The molecular weight excluding hydrogens is 360 g/mol. The van der Waals surface area contributed by atoms with Crippen LogP contribution < -0.4 is 9.62 Å². The molecule has 0 aliphatic heterocycles. The van der Waals surface area contributed by atoms with E-state index in [0.717, 1.165) is 25.7 Å². The molecular formula is C21H26N2O3S. The van der Waals surface area contributed by atoms with E-state index in [1.54, 1.807) is 36.4 Å². The van der Waals surface area contributed by atoms with E-state index in [1.165, 1.54) is 10.7 Å². The molecule has 1 aliphatic rings. The summed E-state index contributed by atoms with van der Waals surface area (Å²) in [6.07, 6.45) is 5.26. The minimum atomic E-state index is -3.65. The highest BCUT2D eigenvalue weighted by Crippen LogP contribution is 2.26. The number of benzene rings is 2. The molecule has 3 rings (SSSR count). The van der Waals surface area contributed by atoms with Crippen LogP contribution in [0.25, 0.3) is 0 Å². The van der Waals surface area contributed by atoms with Crippen LogP contribution in [-0.2, 0) is 14.8 Å². The summed E-state index contributed by atoms with van der Waals surface area (Å²) in [5.41, 5.74) is 1.27. The van der Waals surface area contributed by atoms with Crippen molar-refractivity contribution in [2.45, 2.75) is 43.9 Å². The van der Waals surface area contributed by atoms with Gasteiger partial charge in [0.15, 0.2) is 0 Å². The second-order valence-electron chi connectivity index (χ2n) is 6.85. The van der Waals surface area contributed by atoms with Gasteiger partial charge in [0, 0.05) is 18.2 Å². The fraction of sp³-hybridized carbons (Fsp3) is 0.381. The largest absolute Gasteiger partial charge is 0.326 e. The lowest BCUT2D eigenvalue weighted by Gasteiger charge is -2.23. The molecule has 1 fully saturated rings. The van der Waals surface area contributed by atoms with Crippen molar-refractivity contribution in [3.05, 3.63) is 54.6 Å². The summed E-state index contributed by atoms with van der Waals surface area (Å²) in [6, 6.07) is 15.5. The molecule has 1 N–H and O–H groups in total. The normalized spacial score (nSPS) is 15.3. The Kier molecular flexibility index (Phi) is 6.16. The molecule has 0 saturated heterocycles. The number of sulfonamides is 1. The molecule has 0 atom stereocenters. The van der Waals surface area contributed by atoms with Crippen LogP contribution in [0.1, 0.15) is 39.0 Å². The van der Waals surface area contributed by atoms with Crippen molar-refractivity contribution >= 4 is 27.3 Å². The first-order valence-corrected chi connectivity index (χ1v) is 10.9. The Morgan fingerprint density at radius 3 is 2.22 bits per heavy atom. The smallest absolute Gasteiger partial charge is 0.264 e. The van der Waals surface area contributed by atoms with Crippen molar-refractivity contribution in [3.63, 3.8) is 0 Å². The molecule has 1 saturated carbocycles. The summed E-state index contributed by atoms with van der Waals surface area (Å²) >= 11 is 0. The number of carbonyl (C=O) groups is 1. The highest BCUT2D eigenvalue weighted by atomic mass is 32.2. The van der Waals surface area contributed by atoms with Gasteiger partial charge in [0.25, 0.3) is 10.0 Å². The van der Waals surface area contributed by atoms with Gasteiger partial charge in [-0.25, -0.2) is 8.42 Å². The number of rotatable bonds is 6. The minimum absolute atomic E-state index is 0.0322. The van der Waals surface area contributed by atoms with Gasteiger partial charge in [0.2, 0.25) is 5.91 Å². The van der Waals surface area contributed by atoms with Gasteiger partial charge in [0.05, 0.1) is 10.6 Å². The lowest BCUT2D eigenvalue weighted by molar-refractivity contribution is -0.120. The van der Waals surface area contributed by atoms with Crippen LogP contribution in [0.2, 0.25) is 0 Å². The molecule has 0 spiro atoms. The van der Waals surface area contributed by atoms with E-state index in [2.05, 4.69) is 5.32 Å². The number of hydrogen-bond acceptors (Lipinski definition) is 3. The third kappa shape index (κ3) is 4.50. The van der Waals surface area contributed by atoms with Crippen LogP contribution in [0.4, 0.5) is 11.4 Å². The molecule has 0 aromatic heterocycles. The van der Waals surface area contributed by atoms with Crippen LogP contribution >= 0.6 is 0 Å². The van der Waals surface area contributed by atoms with Crippen LogP contribution in [0.5, 0.6) is 0 Å². The predicted octanol–water partition coefficient (Wildman–Crippen LogP) is 4.42. The number of hydrogen-bond donors (Lipinski definition) is 1. The number of carbonyl (C=O) groups excluding carboxylic acids is 1. The number of para-hydroxylation sites is 1. The van der Waals surface area contributed by atoms with Crippen molar-refractivity contribution in [1.82, 2.24) is 0 Å². The van der Waals surface area contributed by atoms with Crippen molar-refractivity contribution in [2.24, 2.45) is 5.92 Å². The van der Waals surface area contributed by atoms with Gasteiger partial charge < -0.3 is 5.32 Å². The van der Waals surface area contributed by atoms with Crippen molar-refractivity contribution in [1.29, 1.82) is 0 Å². The molecule has 5 nitrogen and oxygen atoms in total. The third-order valence-corrected chi connectivity index (χ3v) is 6.93. The monoisotopic (exact) mass is 386 g/mol. The molecule has 1 amide bonds. The summed E-state index contributed by atoms with van der Waals surface area (Å²) in [5.74, 6) is 0.0978. The topological polar surface area (TPSA) is 66.5 Å². The van der Waals surface area contributed by atoms with Gasteiger partial charge in [0.1, 0.15) is 0 Å². The van der Waals surface area contributed by atoms with Crippen molar-refractivity contribution in [3.8, 4) is 0 Å². The summed E-state index contributed by atoms with van der Waals surface area (Å²) in [7, 11) is -3.65. The maximum atomic E-state index is 13.0. The van der Waals surface area contributed by atoms with E-state index >= 15 is 0 Å². The second kappa shape index (κ2) is 8.57. The van der Waals surface area contributed by atoms with Gasteiger partial charge in [-0.2, -0.15) is 0 Å². The van der Waals surface area contributed by atoms with E-state index in [9.17, 15) is 13.2 Å². The van der Waals surface area contributed by atoms with Crippen molar-refractivity contribution in [2.75, 3.05) is 16.2 Å². The molecule has 6 heteroatoms. The molecule has 0 unspecified atom stereocenters. The summed E-state index contributed by atoms with van der Waals surface area (Å²) in [6.45, 7) is 2.15. The van der Waals surface area contributed by atoms with Gasteiger partial charge in [-0.1, -0.05) is 37.5 Å². The zero-order valence-electron chi connectivity index (χ0n) is 15.6. The molecule has 2 aromatic rings. The molecule has 2 aromatic carbocycles.